The van der Waals surface area contributed by atoms with Crippen LogP contribution in [-0.4, -0.2) is 193 Å². The monoisotopic (exact) mass is 1260 g/mol. The second-order valence-electron chi connectivity index (χ2n) is 23.6. The number of aliphatic hydroxyl groups excluding tert-OH is 11. The zero-order chi connectivity index (χ0) is 64.7. The fourth-order valence-electron chi connectivity index (χ4n) is 10.6. The largest absolute Gasteiger partial charge is 0.394 e. The predicted molar refractivity (Wildman–Crippen MR) is 346 cm³/mol. The van der Waals surface area contributed by atoms with Crippen molar-refractivity contribution in [3.05, 3.63) is 109 Å². The molecule has 0 aromatic heterocycles. The molecule has 0 radical (unpaired) electrons. The predicted octanol–water partition coefficient (Wildman–Crippen LogP) is 8.27. The number of amides is 1. The normalized spacial score (nSPS) is 28.9. The van der Waals surface area contributed by atoms with Gasteiger partial charge in [0, 0.05) is 6.42 Å². The van der Waals surface area contributed by atoms with Crippen LogP contribution >= 0.6 is 0 Å². The summed E-state index contributed by atoms with van der Waals surface area (Å²) in [6.07, 6.45) is 40.8. The molecule has 0 aromatic rings. The maximum Gasteiger partial charge on any atom is 0.220 e. The van der Waals surface area contributed by atoms with E-state index in [0.29, 0.717) is 6.42 Å². The Morgan fingerprint density at radius 3 is 1.21 bits per heavy atom. The van der Waals surface area contributed by atoms with Crippen molar-refractivity contribution in [2.45, 2.75) is 298 Å². The Bertz CT molecular complexity index is 2040. The van der Waals surface area contributed by atoms with Gasteiger partial charge in [-0.3, -0.25) is 4.79 Å². The van der Waals surface area contributed by atoms with Crippen molar-refractivity contribution in [2.24, 2.45) is 0 Å². The van der Waals surface area contributed by atoms with E-state index in [9.17, 15) is 61.0 Å². The summed E-state index contributed by atoms with van der Waals surface area (Å²) in [5.74, 6) is -0.291. The number of ether oxygens (including phenoxy) is 6. The van der Waals surface area contributed by atoms with Crippen LogP contribution in [-0.2, 0) is 33.2 Å². The van der Waals surface area contributed by atoms with Crippen LogP contribution < -0.4 is 5.32 Å². The van der Waals surface area contributed by atoms with Gasteiger partial charge in [-0.1, -0.05) is 213 Å². The van der Waals surface area contributed by atoms with Gasteiger partial charge in [0.05, 0.1) is 38.6 Å². The van der Waals surface area contributed by atoms with E-state index in [-0.39, 0.29) is 18.9 Å². The number of allylic oxidation sites excluding steroid dienone is 17. The topological polar surface area (TPSA) is 307 Å². The first-order chi connectivity index (χ1) is 43.3. The highest BCUT2D eigenvalue weighted by atomic mass is 16.8. The van der Waals surface area contributed by atoms with Gasteiger partial charge in [0.15, 0.2) is 18.9 Å². The van der Waals surface area contributed by atoms with Crippen molar-refractivity contribution in [1.82, 2.24) is 5.32 Å². The average molecular weight is 1260 g/mol. The highest BCUT2D eigenvalue weighted by Gasteiger charge is 2.53. The van der Waals surface area contributed by atoms with Crippen molar-refractivity contribution in [2.75, 3.05) is 26.4 Å². The molecule has 17 unspecified atom stereocenters. The van der Waals surface area contributed by atoms with Gasteiger partial charge in [-0.05, 0) is 83.5 Å². The van der Waals surface area contributed by atoms with Crippen LogP contribution in [0.1, 0.15) is 194 Å². The van der Waals surface area contributed by atoms with Gasteiger partial charge >= 0.3 is 0 Å². The van der Waals surface area contributed by atoms with Gasteiger partial charge < -0.3 is 89.9 Å². The minimum Gasteiger partial charge on any atom is -0.394 e. The number of carbonyl (C=O) groups excluding carboxylic acids is 1. The van der Waals surface area contributed by atoms with E-state index in [1.807, 2.05) is 6.08 Å². The summed E-state index contributed by atoms with van der Waals surface area (Å²) >= 11 is 0. The first-order valence-electron chi connectivity index (χ1n) is 33.6. The summed E-state index contributed by atoms with van der Waals surface area (Å²) in [7, 11) is 0. The van der Waals surface area contributed by atoms with Gasteiger partial charge in [-0.25, -0.2) is 0 Å². The fraction of sp³-hybridized carbons (Fsp3) is 0.729. The Balaban J connectivity index is 1.38. The van der Waals surface area contributed by atoms with E-state index in [2.05, 4.69) is 116 Å². The summed E-state index contributed by atoms with van der Waals surface area (Å²) < 4.78 is 34.2. The third kappa shape index (κ3) is 33.2. The van der Waals surface area contributed by atoms with E-state index in [1.165, 1.54) is 51.4 Å². The lowest BCUT2D eigenvalue weighted by atomic mass is 9.96. The molecule has 0 aromatic carbocycles. The minimum atomic E-state index is -1.98. The highest BCUT2D eigenvalue weighted by molar-refractivity contribution is 5.76. The fourth-order valence-corrected chi connectivity index (χ4v) is 10.6. The van der Waals surface area contributed by atoms with Crippen molar-refractivity contribution in [3.63, 3.8) is 0 Å². The van der Waals surface area contributed by atoms with Gasteiger partial charge in [0.25, 0.3) is 0 Å². The summed E-state index contributed by atoms with van der Waals surface area (Å²) in [5.41, 5.74) is 0. The number of hydrogen-bond donors (Lipinski definition) is 12. The highest BCUT2D eigenvalue weighted by Crippen LogP contribution is 2.33. The Labute approximate surface area is 532 Å². The number of aliphatic hydroxyl groups is 11. The molecule has 0 bridgehead atoms. The zero-order valence-electron chi connectivity index (χ0n) is 53.6. The van der Waals surface area contributed by atoms with Crippen LogP contribution in [0.4, 0.5) is 0 Å². The zero-order valence-corrected chi connectivity index (χ0v) is 53.6. The van der Waals surface area contributed by atoms with Crippen molar-refractivity contribution < 1.29 is 89.4 Å². The van der Waals surface area contributed by atoms with Gasteiger partial charge in [-0.15, -0.1) is 0 Å². The molecule has 19 heteroatoms. The Morgan fingerprint density at radius 2 is 0.775 bits per heavy atom. The van der Waals surface area contributed by atoms with Crippen molar-refractivity contribution >= 4 is 5.91 Å². The summed E-state index contributed by atoms with van der Waals surface area (Å²) in [5, 5.41) is 120. The number of unbranched alkanes of at least 4 members (excludes halogenated alkanes) is 17. The number of carbonyl (C=O) groups is 1. The van der Waals surface area contributed by atoms with Gasteiger partial charge in [0.1, 0.15) is 73.2 Å². The third-order valence-corrected chi connectivity index (χ3v) is 16.1. The van der Waals surface area contributed by atoms with Crippen molar-refractivity contribution in [3.8, 4) is 0 Å². The molecular weight excluding hydrogens is 1140 g/mol. The molecule has 3 fully saturated rings. The van der Waals surface area contributed by atoms with E-state index >= 15 is 0 Å². The molecule has 0 spiro atoms. The second-order valence-corrected chi connectivity index (χ2v) is 23.6. The lowest BCUT2D eigenvalue weighted by Gasteiger charge is -2.48. The molecule has 510 valence electrons. The molecule has 3 rings (SSSR count). The van der Waals surface area contributed by atoms with Crippen molar-refractivity contribution in [1.29, 1.82) is 0 Å². The van der Waals surface area contributed by atoms with E-state index < -0.39 is 124 Å². The molecule has 3 saturated heterocycles. The standard InChI is InChI=1S/C70H117NO18/c1-3-5-7-9-11-13-15-16-17-18-19-20-21-22-23-24-25-26-27-28-29-30-31-32-33-34-35-36-38-40-42-44-46-48-58(76)71-53(54(75)47-45-43-41-39-37-14-12-10-8-6-4-2)52-84-68-64(82)61(79)66(56(50-73)86-68)89-70-65(83)62(80)67(57(51-74)87-70)88-69-63(81)60(78)59(77)55(49-72)85-69/h5,7,11,13,16-17,19-20,22-23,25-26,28-29,31-32,45,47,53-57,59-70,72-75,77-83H,3-4,6,8-10,12,14-15,18,21,24,27,30,33-44,46,48-52H2,1-2H3,(H,71,76)/b7-5-,13-11-,17-16-,20-19-,23-22-,26-25-,29-28-,32-31-,47-45+. The Kier molecular flexibility index (Phi) is 45.6. The maximum absolute atomic E-state index is 13.4. The van der Waals surface area contributed by atoms with Gasteiger partial charge in [0.2, 0.25) is 5.91 Å². The van der Waals surface area contributed by atoms with E-state index in [4.69, 9.17) is 28.4 Å². The molecule has 3 heterocycles. The van der Waals surface area contributed by atoms with E-state index in [1.54, 1.807) is 6.08 Å². The number of nitrogens with one attached hydrogen (secondary N) is 1. The lowest BCUT2D eigenvalue weighted by molar-refractivity contribution is -0.379. The van der Waals surface area contributed by atoms with Crippen LogP contribution in [0.25, 0.3) is 0 Å². The Morgan fingerprint density at radius 1 is 0.416 bits per heavy atom. The molecule has 0 saturated carbocycles. The SMILES string of the molecule is CC/C=C\C/C=C\C/C=C\C/C=C\C/C=C\C/C=C\C/C=C\C/C=C\CCCCCCCCCCC(=O)NC(COC1OC(CO)C(OC2OC(CO)C(OC3OC(CO)C(O)C(O)C3O)C(O)C2O)C(O)C1O)C(O)/C=C/CCCCCCCCCCC. The molecule has 3 aliphatic heterocycles. The van der Waals surface area contributed by atoms with Gasteiger partial charge in [-0.2, -0.15) is 0 Å². The molecule has 89 heavy (non-hydrogen) atoms. The quantitative estimate of drug-likeness (QED) is 0.0201. The summed E-state index contributed by atoms with van der Waals surface area (Å²) in [6, 6.07) is -0.984. The third-order valence-electron chi connectivity index (χ3n) is 16.1. The smallest absolute Gasteiger partial charge is 0.220 e. The van der Waals surface area contributed by atoms with Crippen LogP contribution in [0, 0.1) is 0 Å². The first kappa shape index (κ1) is 79.7. The summed E-state index contributed by atoms with van der Waals surface area (Å²) in [4.78, 5) is 13.4. The number of rotatable bonds is 49. The van der Waals surface area contributed by atoms with Crippen LogP contribution in [0.15, 0.2) is 109 Å². The average Bonchev–Trinajstić information content (AvgIpc) is 1.33. The molecule has 17 atom stereocenters. The second kappa shape index (κ2) is 50.9. The molecule has 3 aliphatic rings. The van der Waals surface area contributed by atoms with Crippen LogP contribution in [0.3, 0.4) is 0 Å². The summed E-state index contributed by atoms with van der Waals surface area (Å²) in [6.45, 7) is 1.56. The van der Waals surface area contributed by atoms with E-state index in [0.717, 1.165) is 116 Å². The molecule has 12 N–H and O–H groups in total. The van der Waals surface area contributed by atoms with Crippen LogP contribution in [0.5, 0.6) is 0 Å². The number of hydrogen-bond acceptors (Lipinski definition) is 18. The van der Waals surface area contributed by atoms with Crippen LogP contribution in [0.2, 0.25) is 0 Å². The molecule has 0 aliphatic carbocycles. The molecule has 1 amide bonds. The molecule has 19 nitrogen and oxygen atoms in total. The Hall–Kier alpha value is -3.55. The first-order valence-corrected chi connectivity index (χ1v) is 33.6. The maximum atomic E-state index is 13.4. The molecular formula is C70H117NO18. The minimum absolute atomic E-state index is 0.226. The lowest BCUT2D eigenvalue weighted by Crippen LogP contribution is -2.66.